The maximum Gasteiger partial charge on any atom is 0.255 e. The smallest absolute Gasteiger partial charge is 0.255 e. The molecule has 2 fully saturated rings. The summed E-state index contributed by atoms with van der Waals surface area (Å²) in [7, 11) is 3.03. The molecule has 6 N–H and O–H groups in total. The molecule has 0 saturated carbocycles. The number of amides is 2. The van der Waals surface area contributed by atoms with E-state index < -0.39 is 0 Å². The molecular weight excluding hydrogens is 603 g/mol. The normalized spacial score (nSPS) is 16.9. The molecule has 2 aliphatic rings. The van der Waals surface area contributed by atoms with Crippen LogP contribution in [0.25, 0.3) is 0 Å². The molecule has 0 spiro atoms. The second-order valence-corrected chi connectivity index (χ2v) is 12.7. The molecule has 242 valence electrons. The number of hydrogen-bond acceptors (Lipinski definition) is 8. The summed E-state index contributed by atoms with van der Waals surface area (Å²) in [4.78, 5) is 30.6. The van der Waals surface area contributed by atoms with Crippen LogP contribution in [0, 0.1) is 11.8 Å². The van der Waals surface area contributed by atoms with Gasteiger partial charge in [-0.3, -0.25) is 9.59 Å². The first kappa shape index (κ1) is 34.0. The van der Waals surface area contributed by atoms with Gasteiger partial charge in [-0.15, -0.1) is 0 Å². The van der Waals surface area contributed by atoms with Crippen LogP contribution in [0.2, 0.25) is 10.0 Å². The van der Waals surface area contributed by atoms with Crippen LogP contribution in [0.4, 0.5) is 11.4 Å². The van der Waals surface area contributed by atoms with Crippen molar-refractivity contribution in [1.82, 2.24) is 20.4 Å². The molecule has 2 aliphatic heterocycles. The summed E-state index contributed by atoms with van der Waals surface area (Å²) in [5.41, 5.74) is 13.2. The maximum atomic E-state index is 12.7. The Labute approximate surface area is 270 Å². The summed E-state index contributed by atoms with van der Waals surface area (Å²) >= 11 is 12.2. The fourth-order valence-electron chi connectivity index (χ4n) is 5.99. The number of ether oxygens (including phenoxy) is 2. The molecule has 2 amide bonds. The van der Waals surface area contributed by atoms with Crippen molar-refractivity contribution in [3.8, 4) is 11.5 Å². The second kappa shape index (κ2) is 16.4. The minimum Gasteiger partial charge on any atom is -0.496 e. The number of unbranched alkanes of at least 4 members (excludes halogenated alkanes) is 1. The highest BCUT2D eigenvalue weighted by Gasteiger charge is 2.23. The van der Waals surface area contributed by atoms with Crippen LogP contribution >= 0.6 is 23.2 Å². The summed E-state index contributed by atoms with van der Waals surface area (Å²) in [5.74, 6) is 1.39. The Balaban J connectivity index is 1.06. The number of benzene rings is 2. The van der Waals surface area contributed by atoms with E-state index in [0.29, 0.717) is 69.0 Å². The Kier molecular flexibility index (Phi) is 12.7. The lowest BCUT2D eigenvalue weighted by Gasteiger charge is -2.33. The first-order valence-corrected chi connectivity index (χ1v) is 16.2. The first-order valence-electron chi connectivity index (χ1n) is 15.5. The van der Waals surface area contributed by atoms with E-state index in [4.69, 9.17) is 44.1 Å². The molecule has 10 nitrogen and oxygen atoms in total. The molecule has 2 aromatic rings. The lowest BCUT2D eigenvalue weighted by atomic mass is 9.96. The van der Waals surface area contributed by atoms with Crippen molar-refractivity contribution in [2.45, 2.75) is 38.5 Å². The van der Waals surface area contributed by atoms with Crippen molar-refractivity contribution >= 4 is 46.4 Å². The Morgan fingerprint density at radius 3 is 1.43 bits per heavy atom. The predicted octanol–water partition coefficient (Wildman–Crippen LogP) is 4.54. The van der Waals surface area contributed by atoms with Gasteiger partial charge in [0, 0.05) is 25.2 Å². The van der Waals surface area contributed by atoms with Crippen LogP contribution in [0.3, 0.4) is 0 Å². The molecule has 4 rings (SSSR count). The average Bonchev–Trinajstić information content (AvgIpc) is 3.04. The summed E-state index contributed by atoms with van der Waals surface area (Å²) in [6.45, 7) is 7.74. The lowest BCUT2D eigenvalue weighted by Crippen LogP contribution is -2.40. The molecule has 0 aromatic heterocycles. The number of nitrogens with zero attached hydrogens (tertiary/aromatic N) is 2. The molecule has 2 saturated heterocycles. The van der Waals surface area contributed by atoms with Gasteiger partial charge in [0.05, 0.1) is 46.8 Å². The van der Waals surface area contributed by atoms with E-state index in [2.05, 4.69) is 20.4 Å². The highest BCUT2D eigenvalue weighted by atomic mass is 35.5. The molecule has 2 aromatic carbocycles. The van der Waals surface area contributed by atoms with Gasteiger partial charge in [0.2, 0.25) is 0 Å². The number of methoxy groups -OCH3 is 2. The Morgan fingerprint density at radius 2 is 1.09 bits per heavy atom. The van der Waals surface area contributed by atoms with Crippen molar-refractivity contribution in [2.75, 3.05) is 78.0 Å². The van der Waals surface area contributed by atoms with Gasteiger partial charge in [0.1, 0.15) is 11.5 Å². The van der Waals surface area contributed by atoms with E-state index in [1.165, 1.54) is 27.1 Å². The van der Waals surface area contributed by atoms with Crippen molar-refractivity contribution in [2.24, 2.45) is 11.8 Å². The van der Waals surface area contributed by atoms with E-state index in [1.54, 1.807) is 24.3 Å². The fraction of sp³-hybridized carbons (Fsp3) is 0.562. The number of nitrogens with two attached hydrogens (primary N) is 2. The molecule has 12 heteroatoms. The topological polar surface area (TPSA) is 135 Å². The number of anilines is 2. The van der Waals surface area contributed by atoms with E-state index in [-0.39, 0.29) is 11.8 Å². The molecule has 44 heavy (non-hydrogen) atoms. The quantitative estimate of drug-likeness (QED) is 0.184. The largest absolute Gasteiger partial charge is 0.496 e. The molecule has 0 radical (unpaired) electrons. The van der Waals surface area contributed by atoms with Crippen LogP contribution in [0.5, 0.6) is 11.5 Å². The van der Waals surface area contributed by atoms with Gasteiger partial charge in [0.25, 0.3) is 11.8 Å². The van der Waals surface area contributed by atoms with Crippen LogP contribution < -0.4 is 31.6 Å². The van der Waals surface area contributed by atoms with E-state index >= 15 is 0 Å². The van der Waals surface area contributed by atoms with Gasteiger partial charge in [-0.05, 0) is 102 Å². The Bertz CT molecular complexity index is 1180. The summed E-state index contributed by atoms with van der Waals surface area (Å²) in [6.07, 6.45) is 6.65. The molecule has 0 atom stereocenters. The van der Waals surface area contributed by atoms with E-state index in [0.717, 1.165) is 65.0 Å². The molecule has 0 aliphatic carbocycles. The van der Waals surface area contributed by atoms with Crippen LogP contribution in [-0.2, 0) is 0 Å². The standard InChI is InChI=1S/C32H46Cl2N6O4/c1-43-29-17-27(35)25(33)15-23(29)31(41)37-19-21-5-11-39(12-6-21)9-3-4-10-40-13-7-22(8-14-40)20-38-32(42)24-16-26(34)28(36)18-30(24)44-2/h15-18,21-22H,3-14,19-20,35-36H2,1-2H3,(H,37,41)(H,38,42). The van der Waals surface area contributed by atoms with E-state index in [9.17, 15) is 9.59 Å². The van der Waals surface area contributed by atoms with Crippen molar-refractivity contribution in [3.05, 3.63) is 45.4 Å². The van der Waals surface area contributed by atoms with Gasteiger partial charge in [-0.25, -0.2) is 0 Å². The highest BCUT2D eigenvalue weighted by molar-refractivity contribution is 6.34. The minimum absolute atomic E-state index is 0.191. The second-order valence-electron chi connectivity index (χ2n) is 11.8. The predicted molar refractivity (Wildman–Crippen MR) is 177 cm³/mol. The number of carbonyl (C=O) groups is 2. The average molecular weight is 650 g/mol. The zero-order valence-electron chi connectivity index (χ0n) is 25.8. The van der Waals surface area contributed by atoms with Crippen molar-refractivity contribution in [3.63, 3.8) is 0 Å². The van der Waals surface area contributed by atoms with Crippen LogP contribution in [-0.4, -0.2) is 88.2 Å². The number of hydrogen-bond donors (Lipinski definition) is 4. The number of rotatable bonds is 13. The highest BCUT2D eigenvalue weighted by Crippen LogP contribution is 2.30. The van der Waals surface area contributed by atoms with E-state index in [1.807, 2.05) is 0 Å². The number of carbonyl (C=O) groups excluding carboxylic acids is 2. The summed E-state index contributed by atoms with van der Waals surface area (Å²) in [6, 6.07) is 6.29. The SMILES string of the molecule is COc1cc(N)c(Cl)cc1C(=O)NCC1CCN(CCCCN2CCC(CNC(=O)c3cc(Cl)c(N)cc3OC)CC2)CC1. The van der Waals surface area contributed by atoms with Gasteiger partial charge < -0.3 is 41.4 Å². The lowest BCUT2D eigenvalue weighted by molar-refractivity contribution is 0.0922. The third-order valence-corrected chi connectivity index (χ3v) is 9.50. The monoisotopic (exact) mass is 648 g/mol. The Hall–Kier alpha value is -2.92. The van der Waals surface area contributed by atoms with Crippen LogP contribution in [0.1, 0.15) is 59.2 Å². The molecule has 0 unspecified atom stereocenters. The number of nitrogen functional groups attached to an aromatic ring is 2. The minimum atomic E-state index is -0.191. The third kappa shape index (κ3) is 9.30. The summed E-state index contributed by atoms with van der Waals surface area (Å²) in [5, 5.41) is 6.79. The fourth-order valence-corrected chi connectivity index (χ4v) is 6.32. The van der Waals surface area contributed by atoms with Gasteiger partial charge in [0.15, 0.2) is 0 Å². The van der Waals surface area contributed by atoms with Gasteiger partial charge in [-0.2, -0.15) is 0 Å². The molecular formula is C32H46Cl2N6O4. The number of halogens is 2. The number of piperidine rings is 2. The summed E-state index contributed by atoms with van der Waals surface area (Å²) < 4.78 is 10.6. The number of nitrogens with one attached hydrogen (secondary N) is 2. The number of likely N-dealkylation sites (tertiary alicyclic amines) is 2. The van der Waals surface area contributed by atoms with Gasteiger partial charge in [-0.1, -0.05) is 23.2 Å². The Morgan fingerprint density at radius 1 is 0.727 bits per heavy atom. The third-order valence-electron chi connectivity index (χ3n) is 8.84. The van der Waals surface area contributed by atoms with Gasteiger partial charge >= 0.3 is 0 Å². The molecule has 0 bridgehead atoms. The first-order chi connectivity index (χ1) is 21.2. The van der Waals surface area contributed by atoms with Crippen LogP contribution in [0.15, 0.2) is 24.3 Å². The zero-order chi connectivity index (χ0) is 31.6. The zero-order valence-corrected chi connectivity index (χ0v) is 27.3. The van der Waals surface area contributed by atoms with Crippen molar-refractivity contribution in [1.29, 1.82) is 0 Å². The molecule has 2 heterocycles. The maximum absolute atomic E-state index is 12.7. The van der Waals surface area contributed by atoms with Crippen molar-refractivity contribution < 1.29 is 19.1 Å².